The Labute approximate surface area is 157 Å². The number of hydrogen-bond donors (Lipinski definition) is 2. The summed E-state index contributed by atoms with van der Waals surface area (Å²) in [6.45, 7) is 4.71. The zero-order valence-electron chi connectivity index (χ0n) is 15.1. The predicted octanol–water partition coefficient (Wildman–Crippen LogP) is 3.80. The molecule has 1 atom stereocenters. The Balaban J connectivity index is 1.57. The molecule has 5 nitrogen and oxygen atoms in total. The predicted molar refractivity (Wildman–Crippen MR) is 104 cm³/mol. The van der Waals surface area contributed by atoms with Gasteiger partial charge in [0.15, 0.2) is 0 Å². The molecule has 0 spiro atoms. The summed E-state index contributed by atoms with van der Waals surface area (Å²) in [4.78, 5) is 18.4. The molecule has 0 saturated heterocycles. The maximum atomic E-state index is 12.9. The van der Waals surface area contributed by atoms with Gasteiger partial charge in [0, 0.05) is 39.9 Å². The molecule has 3 aromatic rings. The van der Waals surface area contributed by atoms with Gasteiger partial charge in [0.05, 0.1) is 12.1 Å². The van der Waals surface area contributed by atoms with E-state index in [4.69, 9.17) is 11.6 Å². The number of carbonyl (C=O) groups is 1. The number of H-pyrrole nitrogens is 2. The zero-order valence-corrected chi connectivity index (χ0v) is 15.9. The van der Waals surface area contributed by atoms with E-state index in [1.165, 1.54) is 16.6 Å². The van der Waals surface area contributed by atoms with Crippen LogP contribution in [0.3, 0.4) is 0 Å². The fourth-order valence-electron chi connectivity index (χ4n) is 4.10. The van der Waals surface area contributed by atoms with E-state index in [1.807, 2.05) is 36.1 Å². The van der Waals surface area contributed by atoms with Gasteiger partial charge >= 0.3 is 0 Å². The van der Waals surface area contributed by atoms with Crippen LogP contribution < -0.4 is 0 Å². The molecule has 0 aliphatic heterocycles. The van der Waals surface area contributed by atoms with E-state index in [9.17, 15) is 4.79 Å². The molecule has 1 aromatic carbocycles. The minimum absolute atomic E-state index is 0.144. The minimum Gasteiger partial charge on any atom is -0.358 e. The molecular weight excluding hydrogens is 348 g/mol. The lowest BCUT2D eigenvalue weighted by molar-refractivity contribution is -0.132. The molecule has 4 rings (SSSR count). The number of rotatable bonds is 4. The molecular formula is C20H23ClN4O. The summed E-state index contributed by atoms with van der Waals surface area (Å²) < 4.78 is 0. The molecule has 0 bridgehead atoms. The van der Waals surface area contributed by atoms with Gasteiger partial charge < -0.3 is 9.88 Å². The van der Waals surface area contributed by atoms with Crippen LogP contribution in [0.1, 0.15) is 36.0 Å². The van der Waals surface area contributed by atoms with Crippen molar-refractivity contribution < 1.29 is 4.79 Å². The van der Waals surface area contributed by atoms with Gasteiger partial charge in [-0.1, -0.05) is 11.6 Å². The van der Waals surface area contributed by atoms with Crippen molar-refractivity contribution in [3.8, 4) is 0 Å². The van der Waals surface area contributed by atoms with Gasteiger partial charge in [-0.25, -0.2) is 0 Å². The Morgan fingerprint density at radius 2 is 2.23 bits per heavy atom. The number of hydrogen-bond acceptors (Lipinski definition) is 2. The fourth-order valence-corrected chi connectivity index (χ4v) is 4.27. The number of halogens is 1. The average Bonchev–Trinajstić information content (AvgIpc) is 3.18. The van der Waals surface area contributed by atoms with Crippen molar-refractivity contribution in [2.75, 3.05) is 6.54 Å². The summed E-state index contributed by atoms with van der Waals surface area (Å²) in [7, 11) is 0. The van der Waals surface area contributed by atoms with E-state index < -0.39 is 0 Å². The van der Waals surface area contributed by atoms with Crippen molar-refractivity contribution in [3.05, 3.63) is 51.9 Å². The summed E-state index contributed by atoms with van der Waals surface area (Å²) >= 11 is 6.20. The second kappa shape index (κ2) is 6.80. The van der Waals surface area contributed by atoms with E-state index in [2.05, 4.69) is 22.1 Å². The van der Waals surface area contributed by atoms with Gasteiger partial charge in [0.2, 0.25) is 5.91 Å². The number of likely N-dealkylation sites (N-methyl/N-ethyl adjacent to an activating group) is 1. The van der Waals surface area contributed by atoms with Crippen molar-refractivity contribution in [1.29, 1.82) is 0 Å². The first-order chi connectivity index (χ1) is 12.5. The van der Waals surface area contributed by atoms with Crippen molar-refractivity contribution in [1.82, 2.24) is 20.1 Å². The van der Waals surface area contributed by atoms with Crippen molar-refractivity contribution in [2.45, 2.75) is 45.6 Å². The van der Waals surface area contributed by atoms with Crippen molar-refractivity contribution in [3.63, 3.8) is 0 Å². The largest absolute Gasteiger partial charge is 0.358 e. The number of fused-ring (bicyclic) bond motifs is 3. The molecule has 0 unspecified atom stereocenters. The van der Waals surface area contributed by atoms with Crippen LogP contribution in [0.15, 0.2) is 24.3 Å². The summed E-state index contributed by atoms with van der Waals surface area (Å²) in [5.41, 5.74) is 5.50. The number of aromatic nitrogens is 3. The first-order valence-corrected chi connectivity index (χ1v) is 9.52. The maximum Gasteiger partial charge on any atom is 0.228 e. The second-order valence-electron chi connectivity index (χ2n) is 7.07. The molecule has 6 heteroatoms. The molecule has 26 heavy (non-hydrogen) atoms. The molecule has 2 aromatic heterocycles. The van der Waals surface area contributed by atoms with E-state index >= 15 is 0 Å². The van der Waals surface area contributed by atoms with E-state index in [0.717, 1.165) is 41.2 Å². The SMILES string of the molecule is CCN(C(=O)Cc1cc(C)[nH]n1)[C@@H]1CCc2[nH]c3ccc(Cl)cc3c2C1. The maximum absolute atomic E-state index is 12.9. The molecule has 1 aliphatic rings. The van der Waals surface area contributed by atoms with Crippen LogP contribution in [0.5, 0.6) is 0 Å². The average molecular weight is 371 g/mol. The number of benzene rings is 1. The number of aromatic amines is 2. The normalized spacial score (nSPS) is 16.7. The third-order valence-corrected chi connectivity index (χ3v) is 5.55. The third kappa shape index (κ3) is 3.12. The van der Waals surface area contributed by atoms with E-state index in [-0.39, 0.29) is 11.9 Å². The quantitative estimate of drug-likeness (QED) is 0.733. The Morgan fingerprint density at radius 1 is 1.38 bits per heavy atom. The molecule has 0 radical (unpaired) electrons. The summed E-state index contributed by atoms with van der Waals surface area (Å²) in [6.07, 6.45) is 3.15. The molecule has 2 N–H and O–H groups in total. The number of amides is 1. The van der Waals surface area contributed by atoms with Crippen molar-refractivity contribution >= 4 is 28.4 Å². The highest BCUT2D eigenvalue weighted by Crippen LogP contribution is 2.32. The van der Waals surface area contributed by atoms with Crippen LogP contribution in [-0.2, 0) is 24.1 Å². The minimum atomic E-state index is 0.144. The lowest BCUT2D eigenvalue weighted by Crippen LogP contribution is -2.44. The van der Waals surface area contributed by atoms with Crippen LogP contribution in [0.25, 0.3) is 10.9 Å². The number of nitrogens with zero attached hydrogens (tertiary/aromatic N) is 2. The Kier molecular flexibility index (Phi) is 4.49. The van der Waals surface area contributed by atoms with Crippen LogP contribution in [-0.4, -0.2) is 38.6 Å². The van der Waals surface area contributed by atoms with E-state index in [0.29, 0.717) is 13.0 Å². The Bertz CT molecular complexity index is 958. The van der Waals surface area contributed by atoms with Crippen LogP contribution in [0.2, 0.25) is 5.02 Å². The Morgan fingerprint density at radius 3 is 2.96 bits per heavy atom. The molecule has 136 valence electrons. The number of nitrogens with one attached hydrogen (secondary N) is 2. The standard InChI is InChI=1S/C20H23ClN4O/c1-3-25(20(26)10-14-8-12(2)23-24-14)15-5-7-19-17(11-15)16-9-13(21)4-6-18(16)22-19/h4,6,8-9,15,22H,3,5,7,10-11H2,1-2H3,(H,23,24)/t15-/m1/s1. The molecule has 1 aliphatic carbocycles. The Hall–Kier alpha value is -2.27. The highest BCUT2D eigenvalue weighted by molar-refractivity contribution is 6.31. The van der Waals surface area contributed by atoms with E-state index in [1.54, 1.807) is 0 Å². The van der Waals surface area contributed by atoms with Gasteiger partial charge in [-0.2, -0.15) is 5.10 Å². The highest BCUT2D eigenvalue weighted by atomic mass is 35.5. The highest BCUT2D eigenvalue weighted by Gasteiger charge is 2.29. The monoisotopic (exact) mass is 370 g/mol. The van der Waals surface area contributed by atoms with Crippen LogP contribution >= 0.6 is 11.6 Å². The summed E-state index contributed by atoms with van der Waals surface area (Å²) in [5.74, 6) is 0.144. The lowest BCUT2D eigenvalue weighted by Gasteiger charge is -2.33. The molecule has 1 amide bonds. The molecule has 0 fully saturated rings. The summed E-state index contributed by atoms with van der Waals surface area (Å²) in [6, 6.07) is 8.13. The summed E-state index contributed by atoms with van der Waals surface area (Å²) in [5, 5.41) is 9.04. The van der Waals surface area contributed by atoms with Gasteiger partial charge in [0.1, 0.15) is 0 Å². The smallest absolute Gasteiger partial charge is 0.228 e. The van der Waals surface area contributed by atoms with Gasteiger partial charge in [-0.05, 0) is 62.9 Å². The number of aryl methyl sites for hydroxylation is 2. The second-order valence-corrected chi connectivity index (χ2v) is 7.50. The zero-order chi connectivity index (χ0) is 18.3. The van der Waals surface area contributed by atoms with Gasteiger partial charge in [-0.15, -0.1) is 0 Å². The topological polar surface area (TPSA) is 64.8 Å². The first kappa shape index (κ1) is 17.2. The van der Waals surface area contributed by atoms with Gasteiger partial charge in [0.25, 0.3) is 0 Å². The van der Waals surface area contributed by atoms with Crippen LogP contribution in [0.4, 0.5) is 0 Å². The third-order valence-electron chi connectivity index (χ3n) is 5.32. The molecule has 0 saturated carbocycles. The van der Waals surface area contributed by atoms with Crippen molar-refractivity contribution in [2.24, 2.45) is 0 Å². The van der Waals surface area contributed by atoms with Crippen LogP contribution in [0, 0.1) is 6.92 Å². The van der Waals surface area contributed by atoms with Gasteiger partial charge in [-0.3, -0.25) is 9.89 Å². The fraction of sp³-hybridized carbons (Fsp3) is 0.400. The lowest BCUT2D eigenvalue weighted by atomic mass is 9.90. The first-order valence-electron chi connectivity index (χ1n) is 9.14. The number of carbonyl (C=O) groups excluding carboxylic acids is 1. The molecule has 2 heterocycles.